The number of pyridine rings is 3. The number of rotatable bonds is 14. The van der Waals surface area contributed by atoms with E-state index in [0.29, 0.717) is 0 Å². The Labute approximate surface area is 445 Å². The zero-order valence-corrected chi connectivity index (χ0v) is 37.2. The predicted molar refractivity (Wildman–Crippen MR) is 264 cm³/mol. The Bertz CT molecular complexity index is 4710. The summed E-state index contributed by atoms with van der Waals surface area (Å²) in [6, 6.07) is -11.0. The van der Waals surface area contributed by atoms with Crippen LogP contribution in [0.2, 0.25) is 0 Å². The van der Waals surface area contributed by atoms with Crippen molar-refractivity contribution in [2.24, 2.45) is 0 Å². The number of hydrogen-bond acceptors (Lipinski definition) is 3. The van der Waals surface area contributed by atoms with Gasteiger partial charge < -0.3 is 15.0 Å². The van der Waals surface area contributed by atoms with Gasteiger partial charge >= 0.3 is 20.1 Å². The van der Waals surface area contributed by atoms with Crippen LogP contribution in [0.4, 0.5) is 0 Å². The van der Waals surface area contributed by atoms with E-state index in [-0.39, 0.29) is 55.2 Å². The zero-order chi connectivity index (χ0) is 72.8. The van der Waals surface area contributed by atoms with Gasteiger partial charge in [0.2, 0.25) is 0 Å². The minimum absolute atomic E-state index is 0. The summed E-state index contributed by atoms with van der Waals surface area (Å²) < 4.78 is 294. The normalized spacial score (nSPS) is 19.1. The molecule has 0 saturated heterocycles. The van der Waals surface area contributed by atoms with Crippen molar-refractivity contribution in [2.75, 3.05) is 0 Å². The minimum Gasteiger partial charge on any atom is -0.304 e. The maximum absolute atomic E-state index is 10.1. The molecule has 6 aromatic carbocycles. The average molecular weight is 1050 g/mol. The molecule has 3 aromatic heterocycles. The number of nitrogens with zero attached hydrogens (tertiary/aromatic N) is 3. The molecule has 9 rings (SSSR count). The van der Waals surface area contributed by atoms with Crippen LogP contribution in [0.25, 0.3) is 56.0 Å². The second-order valence-corrected chi connectivity index (χ2v) is 15.5. The molecule has 0 spiro atoms. The molecule has 3 heterocycles. The van der Waals surface area contributed by atoms with Crippen molar-refractivity contribution in [3.63, 3.8) is 0 Å². The van der Waals surface area contributed by atoms with Gasteiger partial charge in [0.25, 0.3) is 0 Å². The standard InChI is InChI=1S/C61H52N3.Ir/c1-60(2,54-30-32-57(63-42-54)48-20-11-6-12-21-48)39-45-34-44(35-46(36-45)40-61(3,4)55-31-33-58(64-43-55)49-22-13-7-14-23-49)28-29-53-41-62-59(50-24-15-8-16-25-50)38-56(53)52-27-17-26-51(37-52)47-18-9-5-10-19-47;/h5-20,22,24,26-27,30-38,41-43H,28-29,39-40H2,1-4H3;/q-3;+3/i5D,6D,7D,8D,9D,10D,11D,12D,13D,14D,15D,16D,17D,18D,19D,20D,22D,24D,26D,27D,28D2,29D2,30D,31D,32D,33D,37D,38D,41D,42D,43D;. The van der Waals surface area contributed by atoms with Gasteiger partial charge in [-0.1, -0.05) is 124 Å². The van der Waals surface area contributed by atoms with Crippen LogP contribution in [-0.2, 0) is 56.5 Å². The summed E-state index contributed by atoms with van der Waals surface area (Å²) in [6.45, 7) is 6.06. The molecule has 0 unspecified atom stereocenters. The number of aromatic nitrogens is 3. The van der Waals surface area contributed by atoms with Gasteiger partial charge in [-0.15, -0.1) is 107 Å². The molecular weight excluding hydrogens is 967 g/mol. The third kappa shape index (κ3) is 10.9. The molecule has 65 heavy (non-hydrogen) atoms. The molecule has 0 radical (unpaired) electrons. The Hall–Kier alpha value is -6.58. The van der Waals surface area contributed by atoms with E-state index >= 15 is 0 Å². The van der Waals surface area contributed by atoms with Gasteiger partial charge in [0.15, 0.2) is 0 Å². The maximum atomic E-state index is 10.1. The van der Waals surface area contributed by atoms with Gasteiger partial charge in [-0.2, -0.15) is 0 Å². The van der Waals surface area contributed by atoms with Crippen LogP contribution in [0.1, 0.15) is 106 Å². The van der Waals surface area contributed by atoms with Gasteiger partial charge in [0, 0.05) is 32.2 Å². The Balaban J connectivity index is 0.0000122. The quantitative estimate of drug-likeness (QED) is 0.102. The summed E-state index contributed by atoms with van der Waals surface area (Å²) in [6.07, 6.45) is -10.8. The van der Waals surface area contributed by atoms with Crippen molar-refractivity contribution >= 4 is 0 Å². The molecule has 320 valence electrons. The smallest absolute Gasteiger partial charge is 0.304 e. The Morgan fingerprint density at radius 2 is 0.938 bits per heavy atom. The van der Waals surface area contributed by atoms with Crippen molar-refractivity contribution in [3.8, 4) is 56.0 Å². The SMILES string of the molecule is [2H]c1[c-]c(-c2nc([2H])c(C(C)(C)Cc3cc(CC(C)(C)c4c([2H])nc(-c5[c-]c([2H])c([2H])c([2H])c5[2H])c([2H])c4[2H])cc(C([2H])([2H])C([2H])([2H])c4c([2H])nc(-c5[c-]c([2H])c([2H])c([2H])c5[2H])c([2H])c4-c4c([2H])c([2H])c([2H])c(-c5c([2H])c([2H])c([2H])c([2H])c5[2H])c4[2H])c3)c([2H])c2[2H])c([2H])c([2H])c1[2H].[Ir+3]. The number of aryl methyl sites for hydroxylation is 1. The molecule has 0 fully saturated rings. The van der Waals surface area contributed by atoms with Crippen LogP contribution in [0.3, 0.4) is 0 Å². The third-order valence-corrected chi connectivity index (χ3v) is 9.81. The van der Waals surface area contributed by atoms with Gasteiger partial charge in [0.1, 0.15) is 0 Å². The summed E-state index contributed by atoms with van der Waals surface area (Å²) in [5.74, 6) is 0. The molecule has 0 aliphatic carbocycles. The average Bonchev–Trinajstić information content (AvgIpc) is 0.713. The molecule has 9 aromatic rings. The third-order valence-electron chi connectivity index (χ3n) is 9.81. The number of hydrogen-bond donors (Lipinski definition) is 0. The van der Waals surface area contributed by atoms with E-state index in [1.165, 1.54) is 33.8 Å². The van der Waals surface area contributed by atoms with E-state index in [9.17, 15) is 16.4 Å². The molecule has 0 N–H and O–H groups in total. The van der Waals surface area contributed by atoms with Gasteiger partial charge in [-0.05, 0) is 123 Å². The molecular formula is C61H52IrN3. The Morgan fingerprint density at radius 3 is 1.51 bits per heavy atom. The summed E-state index contributed by atoms with van der Waals surface area (Å²) in [5, 5.41) is 0. The van der Waals surface area contributed by atoms with Crippen LogP contribution >= 0.6 is 0 Å². The van der Waals surface area contributed by atoms with E-state index in [2.05, 4.69) is 33.2 Å². The second kappa shape index (κ2) is 20.1. The first-order valence-electron chi connectivity index (χ1n) is 36.0. The van der Waals surface area contributed by atoms with E-state index < -0.39 is 266 Å². The van der Waals surface area contributed by atoms with Crippen molar-refractivity contribution < 1.29 is 65.3 Å². The summed E-state index contributed by atoms with van der Waals surface area (Å²) in [5.41, 5.74) is -12.7. The first-order chi connectivity index (χ1) is 44.7. The van der Waals surface area contributed by atoms with Crippen LogP contribution in [-0.4, -0.2) is 15.0 Å². The first-order valence-corrected chi connectivity index (χ1v) is 19.5. The van der Waals surface area contributed by atoms with E-state index in [1.807, 2.05) is 0 Å². The van der Waals surface area contributed by atoms with E-state index in [4.69, 9.17) is 28.8 Å². The molecule has 0 saturated carbocycles. The molecule has 0 bridgehead atoms. The maximum Gasteiger partial charge on any atom is 3.00 e. The fourth-order valence-corrected chi connectivity index (χ4v) is 6.67. The molecule has 0 aliphatic heterocycles. The van der Waals surface area contributed by atoms with Crippen LogP contribution in [0, 0.1) is 18.2 Å². The minimum atomic E-state index is -3.84. The summed E-state index contributed by atoms with van der Waals surface area (Å²) in [7, 11) is 0. The summed E-state index contributed by atoms with van der Waals surface area (Å²) >= 11 is 0. The van der Waals surface area contributed by atoms with Crippen LogP contribution < -0.4 is 0 Å². The second-order valence-electron chi connectivity index (χ2n) is 15.5. The molecule has 0 amide bonds. The fourth-order valence-electron chi connectivity index (χ4n) is 6.67. The fraction of sp³-hybridized carbons (Fsp3) is 0.164. The van der Waals surface area contributed by atoms with Gasteiger partial charge in [-0.3, -0.25) is 0 Å². The van der Waals surface area contributed by atoms with Gasteiger partial charge in [-0.25, -0.2) is 0 Å². The van der Waals surface area contributed by atoms with Crippen molar-refractivity contribution in [1.82, 2.24) is 15.0 Å². The van der Waals surface area contributed by atoms with Crippen molar-refractivity contribution in [1.29, 1.82) is 0 Å². The van der Waals surface area contributed by atoms with Crippen LogP contribution in [0.15, 0.2) is 194 Å². The molecule has 0 atom stereocenters. The number of benzene rings is 6. The van der Waals surface area contributed by atoms with Crippen molar-refractivity contribution in [3.05, 3.63) is 245 Å². The van der Waals surface area contributed by atoms with Crippen LogP contribution in [0.5, 0.6) is 0 Å². The molecule has 3 nitrogen and oxygen atoms in total. The molecule has 0 aliphatic rings. The van der Waals surface area contributed by atoms with E-state index in [0.717, 1.165) is 12.1 Å². The zero-order valence-electron chi connectivity index (χ0n) is 67.8. The summed E-state index contributed by atoms with van der Waals surface area (Å²) in [4.78, 5) is 12.6. The molecule has 4 heteroatoms. The van der Waals surface area contributed by atoms with Gasteiger partial charge in [0.05, 0.1) is 23.3 Å². The predicted octanol–water partition coefficient (Wildman–Crippen LogP) is 14.4. The monoisotopic (exact) mass is 1050 g/mol. The van der Waals surface area contributed by atoms with Crippen molar-refractivity contribution in [2.45, 2.75) is 64.1 Å². The first kappa shape index (κ1) is 19.9. The Kier molecular flexibility index (Phi) is 6.14. The Morgan fingerprint density at radius 1 is 0.462 bits per heavy atom. The topological polar surface area (TPSA) is 38.7 Å². The van der Waals surface area contributed by atoms with E-state index in [1.54, 1.807) is 0 Å². The largest absolute Gasteiger partial charge is 3.00 e.